The SMILES string of the molecule is N#CCc1cc(F)nc(F)n1. The van der Waals surface area contributed by atoms with Crippen molar-refractivity contribution >= 4 is 0 Å². The maximum absolute atomic E-state index is 12.3. The quantitative estimate of drug-likeness (QED) is 0.445. The highest BCUT2D eigenvalue weighted by Gasteiger charge is 2.01. The molecular weight excluding hydrogens is 152 g/mol. The first kappa shape index (κ1) is 7.54. The van der Waals surface area contributed by atoms with Gasteiger partial charge in [0.1, 0.15) is 0 Å². The third kappa shape index (κ3) is 1.93. The lowest BCUT2D eigenvalue weighted by Gasteiger charge is -1.92. The zero-order valence-electron chi connectivity index (χ0n) is 5.38. The minimum Gasteiger partial charge on any atom is -0.206 e. The van der Waals surface area contributed by atoms with Crippen molar-refractivity contribution in [3.8, 4) is 6.07 Å². The lowest BCUT2D eigenvalue weighted by Crippen LogP contribution is -1.97. The van der Waals surface area contributed by atoms with Gasteiger partial charge in [0.05, 0.1) is 18.2 Å². The van der Waals surface area contributed by atoms with E-state index < -0.39 is 12.0 Å². The summed E-state index contributed by atoms with van der Waals surface area (Å²) in [5.74, 6) is -0.956. The van der Waals surface area contributed by atoms with Crippen LogP contribution in [0.15, 0.2) is 6.07 Å². The van der Waals surface area contributed by atoms with Gasteiger partial charge in [-0.05, 0) is 0 Å². The lowest BCUT2D eigenvalue weighted by atomic mass is 10.3. The van der Waals surface area contributed by atoms with Crippen LogP contribution in [0.25, 0.3) is 0 Å². The van der Waals surface area contributed by atoms with Gasteiger partial charge < -0.3 is 0 Å². The number of nitriles is 1. The van der Waals surface area contributed by atoms with Crippen molar-refractivity contribution in [1.82, 2.24) is 9.97 Å². The van der Waals surface area contributed by atoms with E-state index in [0.29, 0.717) is 0 Å². The monoisotopic (exact) mass is 155 g/mol. The van der Waals surface area contributed by atoms with Crippen LogP contribution in [-0.2, 0) is 6.42 Å². The number of aromatic nitrogens is 2. The highest BCUT2D eigenvalue weighted by Crippen LogP contribution is 1.98. The van der Waals surface area contributed by atoms with Gasteiger partial charge in [-0.15, -0.1) is 0 Å². The summed E-state index contributed by atoms with van der Waals surface area (Å²) in [7, 11) is 0. The molecule has 5 heteroatoms. The second-order valence-corrected chi connectivity index (χ2v) is 1.79. The summed E-state index contributed by atoms with van der Waals surface area (Å²) in [6, 6.07) is 2.64. The summed E-state index contributed by atoms with van der Waals surface area (Å²) < 4.78 is 24.4. The van der Waals surface area contributed by atoms with E-state index in [1.165, 1.54) is 0 Å². The standard InChI is InChI=1S/C6H3F2N3/c7-5-3-4(1-2-9)10-6(8)11-5/h3H,1H2. The maximum Gasteiger partial charge on any atom is 0.311 e. The molecule has 1 heterocycles. The molecule has 1 aromatic rings. The Balaban J connectivity index is 3.01. The molecule has 0 aliphatic heterocycles. The van der Waals surface area contributed by atoms with Gasteiger partial charge in [-0.3, -0.25) is 0 Å². The summed E-state index contributed by atoms with van der Waals surface area (Å²) in [5, 5.41) is 8.15. The zero-order chi connectivity index (χ0) is 8.27. The topological polar surface area (TPSA) is 49.6 Å². The molecule has 1 rings (SSSR count). The maximum atomic E-state index is 12.3. The van der Waals surface area contributed by atoms with E-state index in [9.17, 15) is 8.78 Å². The lowest BCUT2D eigenvalue weighted by molar-refractivity contribution is 0.478. The van der Waals surface area contributed by atoms with Crippen LogP contribution in [0.3, 0.4) is 0 Å². The van der Waals surface area contributed by atoms with E-state index in [1.54, 1.807) is 6.07 Å². The fourth-order valence-corrected chi connectivity index (χ4v) is 0.605. The van der Waals surface area contributed by atoms with Crippen molar-refractivity contribution in [3.05, 3.63) is 23.8 Å². The summed E-state index contributed by atoms with van der Waals surface area (Å²) in [6.45, 7) is 0. The molecule has 0 saturated heterocycles. The van der Waals surface area contributed by atoms with Crippen molar-refractivity contribution in [2.24, 2.45) is 0 Å². The van der Waals surface area contributed by atoms with Crippen LogP contribution in [0.2, 0.25) is 0 Å². The molecule has 0 spiro atoms. The van der Waals surface area contributed by atoms with Crippen LogP contribution >= 0.6 is 0 Å². The van der Waals surface area contributed by atoms with Crippen LogP contribution in [0.4, 0.5) is 8.78 Å². The van der Waals surface area contributed by atoms with E-state index in [0.717, 1.165) is 6.07 Å². The van der Waals surface area contributed by atoms with E-state index in [4.69, 9.17) is 5.26 Å². The molecule has 0 atom stereocenters. The van der Waals surface area contributed by atoms with Crippen LogP contribution < -0.4 is 0 Å². The summed E-state index contributed by atoms with van der Waals surface area (Å²) in [6.07, 6.45) is -1.26. The van der Waals surface area contributed by atoms with Crippen LogP contribution in [-0.4, -0.2) is 9.97 Å². The molecule has 0 fully saturated rings. The van der Waals surface area contributed by atoms with Gasteiger partial charge in [0.15, 0.2) is 0 Å². The number of hydrogen-bond donors (Lipinski definition) is 0. The van der Waals surface area contributed by atoms with Gasteiger partial charge in [0.25, 0.3) is 0 Å². The van der Waals surface area contributed by atoms with Gasteiger partial charge in [-0.25, -0.2) is 4.98 Å². The second kappa shape index (κ2) is 3.01. The van der Waals surface area contributed by atoms with Crippen molar-refractivity contribution in [2.45, 2.75) is 6.42 Å². The zero-order valence-corrected chi connectivity index (χ0v) is 5.38. The fraction of sp³-hybridized carbons (Fsp3) is 0.167. The summed E-state index contributed by atoms with van der Waals surface area (Å²) in [4.78, 5) is 5.95. The average molecular weight is 155 g/mol. The van der Waals surface area contributed by atoms with Crippen LogP contribution in [0.1, 0.15) is 5.69 Å². The molecular formula is C6H3F2N3. The minimum absolute atomic E-state index is 0.0532. The van der Waals surface area contributed by atoms with Gasteiger partial charge >= 0.3 is 6.08 Å². The molecule has 0 radical (unpaired) electrons. The number of rotatable bonds is 1. The van der Waals surface area contributed by atoms with Crippen LogP contribution in [0, 0.1) is 23.4 Å². The molecule has 11 heavy (non-hydrogen) atoms. The highest BCUT2D eigenvalue weighted by molar-refractivity contribution is 5.05. The predicted octanol–water partition coefficient (Wildman–Crippen LogP) is 0.821. The molecule has 1 aromatic heterocycles. The van der Waals surface area contributed by atoms with E-state index >= 15 is 0 Å². The molecule has 3 nitrogen and oxygen atoms in total. The highest BCUT2D eigenvalue weighted by atomic mass is 19.1. The molecule has 0 N–H and O–H groups in total. The Morgan fingerprint density at radius 1 is 1.45 bits per heavy atom. The average Bonchev–Trinajstić information content (AvgIpc) is 1.85. The first-order chi connectivity index (χ1) is 5.22. The largest absolute Gasteiger partial charge is 0.311 e. The third-order valence-corrected chi connectivity index (χ3v) is 0.981. The van der Waals surface area contributed by atoms with E-state index in [2.05, 4.69) is 9.97 Å². The van der Waals surface area contributed by atoms with Crippen molar-refractivity contribution < 1.29 is 8.78 Å². The van der Waals surface area contributed by atoms with Crippen molar-refractivity contribution in [2.75, 3.05) is 0 Å². The molecule has 0 aliphatic carbocycles. The Bertz CT molecular complexity index is 285. The summed E-state index contributed by atoms with van der Waals surface area (Å²) >= 11 is 0. The first-order valence-electron chi connectivity index (χ1n) is 2.78. The van der Waals surface area contributed by atoms with E-state index in [-0.39, 0.29) is 12.1 Å². The molecule has 0 bridgehead atoms. The van der Waals surface area contributed by atoms with Crippen LogP contribution in [0.5, 0.6) is 0 Å². The molecule has 0 aromatic carbocycles. The van der Waals surface area contributed by atoms with Crippen molar-refractivity contribution in [3.63, 3.8) is 0 Å². The minimum atomic E-state index is -1.14. The number of nitrogens with zero attached hydrogens (tertiary/aromatic N) is 3. The number of halogens is 2. The predicted molar refractivity (Wildman–Crippen MR) is 31.3 cm³/mol. The Kier molecular flexibility index (Phi) is 2.06. The molecule has 0 aliphatic rings. The van der Waals surface area contributed by atoms with Gasteiger partial charge in [0, 0.05) is 6.07 Å². The second-order valence-electron chi connectivity index (χ2n) is 1.79. The van der Waals surface area contributed by atoms with Gasteiger partial charge in [-0.2, -0.15) is 19.0 Å². The van der Waals surface area contributed by atoms with E-state index in [1.807, 2.05) is 0 Å². The normalized spacial score (nSPS) is 9.18. The summed E-state index contributed by atoms with van der Waals surface area (Å²) in [5.41, 5.74) is 0.0532. The molecule has 0 amide bonds. The number of hydrogen-bond acceptors (Lipinski definition) is 3. The Hall–Kier alpha value is -1.57. The smallest absolute Gasteiger partial charge is 0.206 e. The fourth-order valence-electron chi connectivity index (χ4n) is 0.605. The Morgan fingerprint density at radius 3 is 2.73 bits per heavy atom. The first-order valence-corrected chi connectivity index (χ1v) is 2.78. The Morgan fingerprint density at radius 2 is 2.18 bits per heavy atom. The Labute approximate surface area is 61.3 Å². The molecule has 56 valence electrons. The van der Waals surface area contributed by atoms with Crippen molar-refractivity contribution in [1.29, 1.82) is 5.26 Å². The van der Waals surface area contributed by atoms with Gasteiger partial charge in [0.2, 0.25) is 5.95 Å². The van der Waals surface area contributed by atoms with Gasteiger partial charge in [-0.1, -0.05) is 0 Å². The third-order valence-electron chi connectivity index (χ3n) is 0.981. The molecule has 0 unspecified atom stereocenters. The molecule has 0 saturated carbocycles.